The van der Waals surface area contributed by atoms with Crippen LogP contribution < -0.4 is 10.1 Å². The molecule has 7 heteroatoms. The Morgan fingerprint density at radius 1 is 1.45 bits per heavy atom. The summed E-state index contributed by atoms with van der Waals surface area (Å²) in [5.74, 6) is 1.04. The van der Waals surface area contributed by atoms with Gasteiger partial charge in [-0.15, -0.1) is 0 Å². The zero-order chi connectivity index (χ0) is 15.9. The van der Waals surface area contributed by atoms with Gasteiger partial charge in [0, 0.05) is 37.8 Å². The molecule has 1 aromatic heterocycles. The monoisotopic (exact) mass is 321 g/mol. The molecule has 0 saturated carbocycles. The Kier molecular flexibility index (Phi) is 5.85. The molecule has 22 heavy (non-hydrogen) atoms. The summed E-state index contributed by atoms with van der Waals surface area (Å²) in [4.78, 5) is 15.1. The van der Waals surface area contributed by atoms with Gasteiger partial charge in [0.15, 0.2) is 5.16 Å². The van der Waals surface area contributed by atoms with Crippen molar-refractivity contribution in [1.29, 1.82) is 0 Å². The molecule has 0 radical (unpaired) electrons. The van der Waals surface area contributed by atoms with E-state index in [1.807, 2.05) is 17.8 Å². The molecule has 0 bridgehead atoms. The lowest BCUT2D eigenvalue weighted by Crippen LogP contribution is -2.20. The van der Waals surface area contributed by atoms with Gasteiger partial charge in [-0.05, 0) is 24.3 Å². The zero-order valence-corrected chi connectivity index (χ0v) is 13.3. The molecule has 1 unspecified atom stereocenters. The van der Waals surface area contributed by atoms with E-state index in [4.69, 9.17) is 4.74 Å². The van der Waals surface area contributed by atoms with Gasteiger partial charge >= 0.3 is 0 Å². The van der Waals surface area contributed by atoms with Crippen molar-refractivity contribution in [2.75, 3.05) is 17.7 Å². The number of hydrogen-bond donors (Lipinski definition) is 2. The highest BCUT2D eigenvalue weighted by Gasteiger charge is 2.09. The van der Waals surface area contributed by atoms with Crippen LogP contribution in [0.15, 0.2) is 41.8 Å². The number of aromatic nitrogens is 2. The molecule has 1 aromatic carbocycles. The minimum absolute atomic E-state index is 0.115. The predicted molar refractivity (Wildman–Crippen MR) is 86.2 cm³/mol. The fraction of sp³-hybridized carbons (Fsp3) is 0.333. The van der Waals surface area contributed by atoms with Gasteiger partial charge in [-0.2, -0.15) is 0 Å². The Labute approximate surface area is 133 Å². The van der Waals surface area contributed by atoms with Crippen LogP contribution in [0.2, 0.25) is 0 Å². The van der Waals surface area contributed by atoms with E-state index in [0.717, 1.165) is 5.16 Å². The van der Waals surface area contributed by atoms with E-state index in [2.05, 4.69) is 10.3 Å². The van der Waals surface area contributed by atoms with E-state index >= 15 is 0 Å². The van der Waals surface area contributed by atoms with Crippen molar-refractivity contribution >= 4 is 23.4 Å². The minimum Gasteiger partial charge on any atom is -0.491 e. The van der Waals surface area contributed by atoms with Gasteiger partial charge in [0.2, 0.25) is 5.91 Å². The Morgan fingerprint density at radius 2 is 2.18 bits per heavy atom. The number of thioether (sulfide) groups is 1. The number of nitrogens with zero attached hydrogens (tertiary/aromatic N) is 2. The van der Waals surface area contributed by atoms with Crippen molar-refractivity contribution in [2.24, 2.45) is 7.05 Å². The van der Waals surface area contributed by atoms with Crippen molar-refractivity contribution in [3.8, 4) is 5.75 Å². The van der Waals surface area contributed by atoms with Gasteiger partial charge in [-0.1, -0.05) is 11.8 Å². The molecule has 0 aliphatic carbocycles. The molecule has 118 valence electrons. The first-order chi connectivity index (χ1) is 10.5. The second-order valence-electron chi connectivity index (χ2n) is 4.80. The van der Waals surface area contributed by atoms with Crippen molar-refractivity contribution in [3.63, 3.8) is 0 Å². The summed E-state index contributed by atoms with van der Waals surface area (Å²) in [5.41, 5.74) is 0.714. The number of hydrogen-bond acceptors (Lipinski definition) is 5. The molecule has 6 nitrogen and oxygen atoms in total. The standard InChI is InChI=1S/C15H19N3O3S/c1-11(19)17-12-3-5-14(6-4-12)21-9-13(20)10-22-15-16-7-8-18(15)2/h3-8,13,20H,9-10H2,1-2H3,(H,17,19). The Bertz CT molecular complexity index is 613. The topological polar surface area (TPSA) is 76.4 Å². The number of amides is 1. The molecule has 1 atom stereocenters. The van der Waals surface area contributed by atoms with E-state index < -0.39 is 6.10 Å². The fourth-order valence-electron chi connectivity index (χ4n) is 1.74. The molecular formula is C15H19N3O3S. The minimum atomic E-state index is -0.586. The van der Waals surface area contributed by atoms with Crippen LogP contribution in [-0.2, 0) is 11.8 Å². The average molecular weight is 321 g/mol. The van der Waals surface area contributed by atoms with Gasteiger partial charge in [-0.25, -0.2) is 4.98 Å². The third-order valence-corrected chi connectivity index (χ3v) is 4.00. The largest absolute Gasteiger partial charge is 0.491 e. The molecular weight excluding hydrogens is 302 g/mol. The SMILES string of the molecule is CC(=O)Nc1ccc(OCC(O)CSc2nccn2C)cc1. The second kappa shape index (κ2) is 7.86. The number of aliphatic hydroxyl groups excluding tert-OH is 1. The van der Waals surface area contributed by atoms with Crippen LogP contribution >= 0.6 is 11.8 Å². The summed E-state index contributed by atoms with van der Waals surface area (Å²) < 4.78 is 7.43. The number of aryl methyl sites for hydroxylation is 1. The number of rotatable bonds is 7. The number of carbonyl (C=O) groups excluding carboxylic acids is 1. The van der Waals surface area contributed by atoms with Crippen LogP contribution in [0.1, 0.15) is 6.92 Å². The smallest absolute Gasteiger partial charge is 0.221 e. The number of aliphatic hydroxyl groups is 1. The van der Waals surface area contributed by atoms with Crippen LogP contribution in [0.3, 0.4) is 0 Å². The maximum atomic E-state index is 10.9. The normalized spacial score (nSPS) is 12.0. The number of carbonyl (C=O) groups is 1. The Balaban J connectivity index is 1.75. The third-order valence-electron chi connectivity index (χ3n) is 2.80. The predicted octanol–water partition coefficient (Wildman–Crippen LogP) is 1.91. The molecule has 1 heterocycles. The van der Waals surface area contributed by atoms with Gasteiger partial charge in [0.25, 0.3) is 0 Å². The molecule has 0 fully saturated rings. The first kappa shape index (κ1) is 16.4. The second-order valence-corrected chi connectivity index (χ2v) is 5.79. The fourth-order valence-corrected chi connectivity index (χ4v) is 2.58. The summed E-state index contributed by atoms with van der Waals surface area (Å²) in [6, 6.07) is 7.02. The van der Waals surface area contributed by atoms with E-state index in [9.17, 15) is 9.90 Å². The third kappa shape index (κ3) is 5.09. The molecule has 0 aliphatic rings. The molecule has 2 rings (SSSR count). The van der Waals surface area contributed by atoms with Gasteiger partial charge < -0.3 is 19.7 Å². The molecule has 1 amide bonds. The van der Waals surface area contributed by atoms with Crippen molar-refractivity contribution in [3.05, 3.63) is 36.7 Å². The number of nitrogens with one attached hydrogen (secondary N) is 1. The number of imidazole rings is 1. The highest BCUT2D eigenvalue weighted by Crippen LogP contribution is 2.18. The number of ether oxygens (including phenoxy) is 1. The van der Waals surface area contributed by atoms with Gasteiger partial charge in [0.1, 0.15) is 12.4 Å². The highest BCUT2D eigenvalue weighted by atomic mass is 32.2. The lowest BCUT2D eigenvalue weighted by molar-refractivity contribution is -0.114. The lowest BCUT2D eigenvalue weighted by Gasteiger charge is -2.12. The maximum absolute atomic E-state index is 10.9. The molecule has 0 spiro atoms. The summed E-state index contributed by atoms with van der Waals surface area (Å²) >= 11 is 1.48. The van der Waals surface area contributed by atoms with Crippen molar-refractivity contribution in [1.82, 2.24) is 9.55 Å². The van der Waals surface area contributed by atoms with Crippen molar-refractivity contribution in [2.45, 2.75) is 18.2 Å². The van der Waals surface area contributed by atoms with Gasteiger partial charge in [-0.3, -0.25) is 4.79 Å². The maximum Gasteiger partial charge on any atom is 0.221 e. The first-order valence-electron chi connectivity index (χ1n) is 6.83. The summed E-state index contributed by atoms with van der Waals surface area (Å²) in [7, 11) is 1.91. The molecule has 2 aromatic rings. The van der Waals surface area contributed by atoms with E-state index in [1.165, 1.54) is 18.7 Å². The van der Waals surface area contributed by atoms with E-state index in [1.54, 1.807) is 30.5 Å². The van der Waals surface area contributed by atoms with Gasteiger partial charge in [0.05, 0.1) is 6.10 Å². The highest BCUT2D eigenvalue weighted by molar-refractivity contribution is 7.99. The number of benzene rings is 1. The van der Waals surface area contributed by atoms with Crippen LogP contribution in [0.5, 0.6) is 5.75 Å². The van der Waals surface area contributed by atoms with Crippen LogP contribution in [0.25, 0.3) is 0 Å². The average Bonchev–Trinajstić information content (AvgIpc) is 2.89. The summed E-state index contributed by atoms with van der Waals surface area (Å²) in [5, 5.41) is 13.5. The zero-order valence-electron chi connectivity index (χ0n) is 12.5. The molecule has 2 N–H and O–H groups in total. The van der Waals surface area contributed by atoms with E-state index in [0.29, 0.717) is 17.2 Å². The summed E-state index contributed by atoms with van der Waals surface area (Å²) in [6.07, 6.45) is 3.00. The van der Waals surface area contributed by atoms with Crippen LogP contribution in [0, 0.1) is 0 Å². The lowest BCUT2D eigenvalue weighted by atomic mass is 10.3. The Morgan fingerprint density at radius 3 is 2.77 bits per heavy atom. The first-order valence-corrected chi connectivity index (χ1v) is 7.82. The molecule has 0 aliphatic heterocycles. The number of anilines is 1. The summed E-state index contributed by atoms with van der Waals surface area (Å²) in [6.45, 7) is 1.66. The van der Waals surface area contributed by atoms with Crippen molar-refractivity contribution < 1.29 is 14.6 Å². The van der Waals surface area contributed by atoms with Crippen LogP contribution in [0.4, 0.5) is 5.69 Å². The van der Waals surface area contributed by atoms with Crippen LogP contribution in [-0.4, -0.2) is 39.0 Å². The molecule has 0 saturated heterocycles. The Hall–Kier alpha value is -1.99. The van der Waals surface area contributed by atoms with E-state index in [-0.39, 0.29) is 12.5 Å². The quantitative estimate of drug-likeness (QED) is 0.762.